The van der Waals surface area contributed by atoms with Gasteiger partial charge in [0.1, 0.15) is 17.5 Å². The maximum Gasteiger partial charge on any atom is 0.264 e. The molecule has 2 aliphatic heterocycles. The number of morpholine rings is 1. The number of nitrogens with zero attached hydrogens (tertiary/aromatic N) is 6. The standard InChI is InChI=1S/C40H39ClN6O4.ClH/c1-26-36(40(50)47(30-9-11-34(48)12-10-30)33-20-31(22-42)43(2)24-33)21-38(44(26)3)37-19-29(41)8-13-35(37)39(49)46-23-28-7-5-4-6-27(28)18-32(46)25-45-14-16-51-17-15-45;/h4-13,19-21,24,32,48H,14-18,23,25H2,1-3H3;1H/t32-;/m0./s1/i2D3;. The summed E-state index contributed by atoms with van der Waals surface area (Å²) in [6, 6.07) is 24.1. The molecule has 0 spiro atoms. The minimum Gasteiger partial charge on any atom is -0.508 e. The zero-order valence-corrected chi connectivity index (χ0v) is 30.3. The van der Waals surface area contributed by atoms with Crippen LogP contribution in [0.15, 0.2) is 85.1 Å². The van der Waals surface area contributed by atoms with Crippen LogP contribution in [0.3, 0.4) is 0 Å². The number of carbonyl (C=O) groups is 2. The Hall–Kier alpha value is -5.05. The summed E-state index contributed by atoms with van der Waals surface area (Å²) in [5.41, 5.74) is 5.08. The fraction of sp³-hybridized carbons (Fsp3) is 0.275. The molecule has 0 bridgehead atoms. The Morgan fingerprint density at radius 2 is 1.75 bits per heavy atom. The summed E-state index contributed by atoms with van der Waals surface area (Å²) in [4.78, 5) is 35.1. The van der Waals surface area contributed by atoms with Crippen molar-refractivity contribution in [2.24, 2.45) is 14.0 Å². The molecule has 1 fully saturated rings. The van der Waals surface area contributed by atoms with Crippen LogP contribution in [0, 0.1) is 18.3 Å². The third kappa shape index (κ3) is 7.05. The van der Waals surface area contributed by atoms with Crippen molar-refractivity contribution in [2.75, 3.05) is 37.7 Å². The molecule has 4 heterocycles. The highest BCUT2D eigenvalue weighted by Gasteiger charge is 2.34. The third-order valence-corrected chi connectivity index (χ3v) is 10.2. The van der Waals surface area contributed by atoms with E-state index in [4.69, 9.17) is 20.5 Å². The molecule has 2 aliphatic rings. The predicted molar refractivity (Wildman–Crippen MR) is 204 cm³/mol. The van der Waals surface area contributed by atoms with Crippen molar-refractivity contribution >= 4 is 47.2 Å². The normalized spacial score (nSPS) is 16.8. The van der Waals surface area contributed by atoms with Crippen molar-refractivity contribution < 1.29 is 23.5 Å². The van der Waals surface area contributed by atoms with Gasteiger partial charge >= 0.3 is 0 Å². The number of benzene rings is 3. The van der Waals surface area contributed by atoms with Gasteiger partial charge in [0.25, 0.3) is 11.8 Å². The van der Waals surface area contributed by atoms with Crippen LogP contribution in [0.4, 0.5) is 11.4 Å². The highest BCUT2D eigenvalue weighted by atomic mass is 35.5. The lowest BCUT2D eigenvalue weighted by Crippen LogP contribution is -2.52. The Bertz CT molecular complexity index is 2280. The molecule has 1 saturated heterocycles. The van der Waals surface area contributed by atoms with E-state index in [0.717, 1.165) is 23.2 Å². The number of phenols is 1. The zero-order chi connectivity index (χ0) is 38.3. The summed E-state index contributed by atoms with van der Waals surface area (Å²) in [6.45, 7) is 3.17. The molecule has 1 N–H and O–H groups in total. The predicted octanol–water partition coefficient (Wildman–Crippen LogP) is 6.87. The number of rotatable bonds is 7. The summed E-state index contributed by atoms with van der Waals surface area (Å²) in [6.07, 6.45) is 1.96. The monoisotopic (exact) mass is 741 g/mol. The SMILES string of the molecule is Cl.[2H]C([2H])([2H])n1cc(N(C(=O)c2cc(-c3cc(Cl)ccc3C(=O)N3Cc4ccccc4C[C@H]3CN3CCOCC3)n(C)c2C)c2ccc(O)cc2)cc1C#N. The van der Waals surface area contributed by atoms with E-state index in [2.05, 4.69) is 17.0 Å². The molecule has 12 heteroatoms. The number of nitriles is 1. The minimum absolute atomic E-state index is 0. The molecule has 0 radical (unpaired) electrons. The molecule has 0 saturated carbocycles. The zero-order valence-electron chi connectivity index (χ0n) is 31.8. The number of halogens is 2. The quantitative estimate of drug-likeness (QED) is 0.195. The molecule has 3 aromatic carbocycles. The first kappa shape index (κ1) is 32.8. The average molecular weight is 743 g/mol. The average Bonchev–Trinajstić information content (AvgIpc) is 3.73. The number of aromatic nitrogens is 2. The van der Waals surface area contributed by atoms with Crippen LogP contribution in [0.2, 0.25) is 5.02 Å². The number of fused-ring (bicyclic) bond motifs is 1. The second-order valence-electron chi connectivity index (χ2n) is 13.0. The number of carbonyl (C=O) groups excluding carboxylic acids is 2. The van der Waals surface area contributed by atoms with E-state index in [9.17, 15) is 20.0 Å². The molecular formula is C40H40Cl2N6O4. The molecule has 1 atom stereocenters. The number of aryl methyl sites for hydroxylation is 1. The summed E-state index contributed by atoms with van der Waals surface area (Å²) in [7, 11) is 1.80. The summed E-state index contributed by atoms with van der Waals surface area (Å²) in [5, 5.41) is 20.2. The number of anilines is 2. The van der Waals surface area contributed by atoms with Gasteiger partial charge in [0.2, 0.25) is 0 Å². The lowest BCUT2D eigenvalue weighted by atomic mass is 9.92. The Morgan fingerprint density at radius 1 is 1.02 bits per heavy atom. The van der Waals surface area contributed by atoms with Crippen molar-refractivity contribution in [3.05, 3.63) is 124 Å². The Labute approximate surface area is 318 Å². The Balaban J connectivity index is 0.00000514. The highest BCUT2D eigenvalue weighted by Crippen LogP contribution is 2.36. The van der Waals surface area contributed by atoms with Crippen molar-refractivity contribution in [3.63, 3.8) is 0 Å². The van der Waals surface area contributed by atoms with Crippen LogP contribution in [0.1, 0.15) is 47.3 Å². The molecule has 0 aliphatic carbocycles. The van der Waals surface area contributed by atoms with Crippen molar-refractivity contribution in [1.82, 2.24) is 18.9 Å². The van der Waals surface area contributed by atoms with Crippen molar-refractivity contribution in [2.45, 2.75) is 25.9 Å². The van der Waals surface area contributed by atoms with Crippen molar-refractivity contribution in [1.29, 1.82) is 5.26 Å². The molecule has 268 valence electrons. The number of ether oxygens (including phenoxy) is 1. The highest BCUT2D eigenvalue weighted by molar-refractivity contribution is 6.31. The van der Waals surface area contributed by atoms with Gasteiger partial charge in [-0.1, -0.05) is 35.9 Å². The molecule has 52 heavy (non-hydrogen) atoms. The van der Waals surface area contributed by atoms with Crippen LogP contribution >= 0.6 is 24.0 Å². The lowest BCUT2D eigenvalue weighted by Gasteiger charge is -2.40. The summed E-state index contributed by atoms with van der Waals surface area (Å²) < 4.78 is 32.1. The topological polar surface area (TPSA) is 107 Å². The molecule has 0 unspecified atom stereocenters. The van der Waals surface area contributed by atoms with Gasteiger partial charge in [-0.15, -0.1) is 12.4 Å². The Morgan fingerprint density at radius 3 is 2.44 bits per heavy atom. The maximum atomic E-state index is 14.8. The van der Waals surface area contributed by atoms with Crippen LogP contribution in [-0.2, 0) is 31.7 Å². The van der Waals surface area contributed by atoms with Crippen molar-refractivity contribution in [3.8, 4) is 23.1 Å². The lowest BCUT2D eigenvalue weighted by molar-refractivity contribution is 0.0193. The second-order valence-corrected chi connectivity index (χ2v) is 13.4. The number of amides is 2. The summed E-state index contributed by atoms with van der Waals surface area (Å²) >= 11 is 6.61. The van der Waals surface area contributed by atoms with E-state index in [-0.39, 0.29) is 47.1 Å². The minimum atomic E-state index is -2.67. The number of aromatic hydroxyl groups is 1. The Kier molecular flexibility index (Phi) is 9.65. The number of phenolic OH excluding ortho intramolecular Hbond substituents is 1. The largest absolute Gasteiger partial charge is 0.508 e. The van der Waals surface area contributed by atoms with Gasteiger partial charge in [0.05, 0.1) is 24.5 Å². The van der Waals surface area contributed by atoms with Gasteiger partial charge < -0.3 is 23.9 Å². The van der Waals surface area contributed by atoms with Crippen LogP contribution in [-0.4, -0.2) is 74.7 Å². The van der Waals surface area contributed by atoms with Gasteiger partial charge in [-0.2, -0.15) is 5.26 Å². The van der Waals surface area contributed by atoms with E-state index < -0.39 is 12.9 Å². The van der Waals surface area contributed by atoms with E-state index in [1.54, 1.807) is 38.2 Å². The van der Waals surface area contributed by atoms with E-state index >= 15 is 0 Å². The van der Waals surface area contributed by atoms with Gasteiger partial charge in [-0.25, -0.2) is 0 Å². The molecule has 5 aromatic rings. The fourth-order valence-corrected chi connectivity index (χ4v) is 7.25. The number of hydrogen-bond acceptors (Lipinski definition) is 6. The second kappa shape index (κ2) is 15.3. The van der Waals surface area contributed by atoms with E-state index in [1.807, 2.05) is 27.7 Å². The molecule has 10 nitrogen and oxygen atoms in total. The van der Waals surface area contributed by atoms with Crippen LogP contribution < -0.4 is 4.90 Å². The van der Waals surface area contributed by atoms with Crippen LogP contribution in [0.25, 0.3) is 11.3 Å². The first-order chi connectivity index (χ1) is 25.8. The first-order valence-electron chi connectivity index (χ1n) is 18.2. The molecule has 2 aromatic heterocycles. The maximum absolute atomic E-state index is 14.8. The smallest absolute Gasteiger partial charge is 0.264 e. The van der Waals surface area contributed by atoms with Gasteiger partial charge in [-0.3, -0.25) is 19.4 Å². The molecule has 2 amide bonds. The van der Waals surface area contributed by atoms with Crippen LogP contribution in [0.5, 0.6) is 5.75 Å². The van der Waals surface area contributed by atoms with Gasteiger partial charge in [-0.05, 0) is 79.1 Å². The molecule has 7 rings (SSSR count). The summed E-state index contributed by atoms with van der Waals surface area (Å²) in [5.74, 6) is -0.688. The van der Waals surface area contributed by atoms with E-state index in [1.165, 1.54) is 47.0 Å². The number of hydrogen-bond donors (Lipinski definition) is 1. The van der Waals surface area contributed by atoms with Gasteiger partial charge in [0.15, 0.2) is 0 Å². The van der Waals surface area contributed by atoms with E-state index in [0.29, 0.717) is 65.9 Å². The molecular weight excluding hydrogens is 699 g/mol. The van der Waals surface area contributed by atoms with Gasteiger partial charge in [0, 0.05) is 89.8 Å². The third-order valence-electron chi connectivity index (χ3n) is 9.93. The fourth-order valence-electron chi connectivity index (χ4n) is 7.08. The first-order valence-corrected chi connectivity index (χ1v) is 17.1.